The molecule has 6 aromatic carbocycles. The average Bonchev–Trinajstić information content (AvgIpc) is 3.09. The summed E-state index contributed by atoms with van der Waals surface area (Å²) in [5, 5.41) is 0. The monoisotopic (exact) mass is 940 g/mol. The van der Waals surface area contributed by atoms with Crippen LogP contribution in [0, 0.1) is 10.7 Å². The molecule has 0 fully saturated rings. The summed E-state index contributed by atoms with van der Waals surface area (Å²) in [7, 11) is 0. The minimum Gasteiger partial charge on any atom is -0.489 e. The molecule has 0 amide bonds. The predicted molar refractivity (Wildman–Crippen MR) is 211 cm³/mol. The first-order chi connectivity index (χ1) is 22.5. The molecule has 0 radical (unpaired) electrons. The van der Waals surface area contributed by atoms with Crippen LogP contribution in [0.5, 0.6) is 17.2 Å². The van der Waals surface area contributed by atoms with Crippen molar-refractivity contribution in [2.24, 2.45) is 0 Å². The Labute approximate surface area is 311 Å². The van der Waals surface area contributed by atoms with Gasteiger partial charge in [0, 0.05) is 16.6 Å². The van der Waals surface area contributed by atoms with Crippen LogP contribution in [-0.4, -0.2) is 0 Å². The molecule has 0 heterocycles. The van der Waals surface area contributed by atoms with Crippen molar-refractivity contribution >= 4 is 67.8 Å². The number of rotatable bonds is 12. The molecule has 6 aromatic rings. The summed E-state index contributed by atoms with van der Waals surface area (Å²) in [6.45, 7) is 1.60. The van der Waals surface area contributed by atoms with Crippen molar-refractivity contribution in [1.29, 1.82) is 0 Å². The predicted octanol–water partition coefficient (Wildman–Crippen LogP) is 11.4. The lowest BCUT2D eigenvalue weighted by atomic mass is 9.85. The Kier molecular flexibility index (Phi) is 11.5. The van der Waals surface area contributed by atoms with Crippen molar-refractivity contribution in [1.82, 2.24) is 0 Å². The van der Waals surface area contributed by atoms with Gasteiger partial charge in [0.05, 0.1) is 0 Å². The van der Waals surface area contributed by atoms with Crippen LogP contribution in [0.3, 0.4) is 0 Å². The molecule has 0 saturated heterocycles. The Morgan fingerprint density at radius 1 is 0.326 bits per heavy atom. The van der Waals surface area contributed by atoms with E-state index in [2.05, 4.69) is 213 Å². The fourth-order valence-electron chi connectivity index (χ4n) is 5.09. The van der Waals surface area contributed by atoms with Crippen LogP contribution in [0.1, 0.15) is 39.3 Å². The van der Waals surface area contributed by atoms with Crippen LogP contribution in [0.2, 0.25) is 0 Å². The van der Waals surface area contributed by atoms with Crippen LogP contribution in [0.15, 0.2) is 146 Å². The second-order valence-electron chi connectivity index (χ2n) is 10.9. The van der Waals surface area contributed by atoms with Gasteiger partial charge in [0.1, 0.15) is 37.1 Å². The smallest absolute Gasteiger partial charge is 0.119 e. The van der Waals surface area contributed by atoms with Crippen molar-refractivity contribution in [3.8, 4) is 17.2 Å². The molecule has 0 unspecified atom stereocenters. The normalized spacial score (nSPS) is 11.0. The largest absolute Gasteiger partial charge is 0.489 e. The lowest BCUT2D eigenvalue weighted by Crippen LogP contribution is -2.04. The zero-order valence-electron chi connectivity index (χ0n) is 24.9. The summed E-state index contributed by atoms with van der Waals surface area (Å²) < 4.78 is 22.0. The minimum absolute atomic E-state index is 0.0285. The van der Waals surface area contributed by atoms with Crippen molar-refractivity contribution in [2.75, 3.05) is 0 Å². The van der Waals surface area contributed by atoms with Crippen molar-refractivity contribution in [3.05, 3.63) is 190 Å². The molecule has 0 aliphatic rings. The summed E-state index contributed by atoms with van der Waals surface area (Å²) in [5.74, 6) is 2.57. The molecule has 0 spiro atoms. The second kappa shape index (κ2) is 16.1. The first kappa shape index (κ1) is 32.8. The highest BCUT2D eigenvalue weighted by molar-refractivity contribution is 14.1. The highest BCUT2D eigenvalue weighted by Crippen LogP contribution is 2.35. The Bertz CT molecular complexity index is 1600. The lowest BCUT2D eigenvalue weighted by molar-refractivity contribution is 0.306. The molecular weight excluding hydrogens is 909 g/mol. The van der Waals surface area contributed by atoms with Gasteiger partial charge in [0.2, 0.25) is 0 Å². The van der Waals surface area contributed by atoms with Crippen LogP contribution >= 0.6 is 67.8 Å². The molecule has 0 atom stereocenters. The molecule has 0 aromatic heterocycles. The van der Waals surface area contributed by atoms with Gasteiger partial charge in [0.15, 0.2) is 0 Å². The molecule has 46 heavy (non-hydrogen) atoms. The number of ether oxygens (including phenoxy) is 3. The van der Waals surface area contributed by atoms with E-state index in [1.807, 2.05) is 0 Å². The van der Waals surface area contributed by atoms with Crippen molar-refractivity contribution < 1.29 is 14.2 Å². The first-order valence-corrected chi connectivity index (χ1v) is 18.1. The SMILES string of the molecule is Ic1ccc(COc2ccc(C(c3ccc(OCc4ccc(I)cc4)cc3)c3ccc(OCc4ccc(I)cc4)cc3)cc2)cc1. The van der Waals surface area contributed by atoms with E-state index in [1.54, 1.807) is 0 Å². The van der Waals surface area contributed by atoms with E-state index in [4.69, 9.17) is 14.2 Å². The maximum atomic E-state index is 6.11. The summed E-state index contributed by atoms with van der Waals surface area (Å²) in [5.41, 5.74) is 6.99. The number of hydrogen-bond acceptors (Lipinski definition) is 3. The summed E-state index contributed by atoms with van der Waals surface area (Å²) >= 11 is 6.95. The number of hydrogen-bond donors (Lipinski definition) is 0. The second-order valence-corrected chi connectivity index (χ2v) is 14.6. The minimum atomic E-state index is 0.0285. The van der Waals surface area contributed by atoms with Gasteiger partial charge < -0.3 is 14.2 Å². The van der Waals surface area contributed by atoms with Gasteiger partial charge in [-0.05, 0) is 174 Å². The Morgan fingerprint density at radius 3 is 0.804 bits per heavy atom. The quantitative estimate of drug-likeness (QED) is 0.0904. The fraction of sp³-hybridized carbons (Fsp3) is 0.100. The highest BCUT2D eigenvalue weighted by Gasteiger charge is 2.18. The topological polar surface area (TPSA) is 27.7 Å². The molecule has 0 aliphatic carbocycles. The molecular formula is C40H31I3O3. The third-order valence-corrected chi connectivity index (χ3v) is 9.75. The zero-order valence-corrected chi connectivity index (χ0v) is 31.4. The van der Waals surface area contributed by atoms with Gasteiger partial charge >= 0.3 is 0 Å². The summed E-state index contributed by atoms with van der Waals surface area (Å²) in [4.78, 5) is 0. The maximum Gasteiger partial charge on any atom is 0.119 e. The van der Waals surface area contributed by atoms with Gasteiger partial charge in [-0.25, -0.2) is 0 Å². The molecule has 0 bridgehead atoms. The molecule has 3 nitrogen and oxygen atoms in total. The van der Waals surface area contributed by atoms with Gasteiger partial charge in [0.25, 0.3) is 0 Å². The third kappa shape index (κ3) is 9.25. The zero-order chi connectivity index (χ0) is 31.7. The standard InChI is InChI=1S/C40H31I3O3/c41-34-13-1-28(2-14-34)25-44-37-19-7-31(8-20-37)40(32-9-21-38(22-10-32)45-26-29-3-15-35(42)16-4-29)33-11-23-39(24-12-33)46-27-30-5-17-36(43)18-6-30/h1-24,40H,25-27H2. The summed E-state index contributed by atoms with van der Waals surface area (Å²) in [6, 6.07) is 50.6. The maximum absolute atomic E-state index is 6.11. The van der Waals surface area contributed by atoms with E-state index in [9.17, 15) is 0 Å². The molecule has 6 heteroatoms. The van der Waals surface area contributed by atoms with E-state index in [1.165, 1.54) is 27.4 Å². The van der Waals surface area contributed by atoms with E-state index in [0.717, 1.165) is 33.9 Å². The van der Waals surface area contributed by atoms with Crippen molar-refractivity contribution in [3.63, 3.8) is 0 Å². The first-order valence-electron chi connectivity index (χ1n) is 14.9. The molecule has 0 N–H and O–H groups in total. The summed E-state index contributed by atoms with van der Waals surface area (Å²) in [6.07, 6.45) is 0. The third-order valence-electron chi connectivity index (χ3n) is 7.60. The fourth-order valence-corrected chi connectivity index (χ4v) is 6.17. The van der Waals surface area contributed by atoms with Gasteiger partial charge in [-0.3, -0.25) is 0 Å². The Hall–Kier alpha value is -3.09. The Morgan fingerprint density at radius 2 is 0.565 bits per heavy atom. The van der Waals surface area contributed by atoms with E-state index < -0.39 is 0 Å². The van der Waals surface area contributed by atoms with E-state index in [0.29, 0.717) is 19.8 Å². The van der Waals surface area contributed by atoms with E-state index in [-0.39, 0.29) is 5.92 Å². The van der Waals surface area contributed by atoms with Crippen molar-refractivity contribution in [2.45, 2.75) is 25.7 Å². The molecule has 230 valence electrons. The van der Waals surface area contributed by atoms with Crippen LogP contribution < -0.4 is 14.2 Å². The Balaban J connectivity index is 1.19. The van der Waals surface area contributed by atoms with Crippen LogP contribution in [0.25, 0.3) is 0 Å². The van der Waals surface area contributed by atoms with Crippen LogP contribution in [0.4, 0.5) is 0 Å². The number of halogens is 3. The van der Waals surface area contributed by atoms with Gasteiger partial charge in [-0.15, -0.1) is 0 Å². The van der Waals surface area contributed by atoms with Crippen LogP contribution in [-0.2, 0) is 19.8 Å². The highest BCUT2D eigenvalue weighted by atomic mass is 127. The average molecular weight is 940 g/mol. The van der Waals surface area contributed by atoms with Gasteiger partial charge in [-0.1, -0.05) is 72.8 Å². The molecule has 0 aliphatic heterocycles. The number of benzene rings is 6. The molecule has 6 rings (SSSR count). The molecule has 0 saturated carbocycles. The van der Waals surface area contributed by atoms with Gasteiger partial charge in [-0.2, -0.15) is 0 Å². The van der Waals surface area contributed by atoms with E-state index >= 15 is 0 Å². The lowest BCUT2D eigenvalue weighted by Gasteiger charge is -2.20.